The maximum Gasteiger partial charge on any atom is 0.289 e. The minimum Gasteiger partial charge on any atom is -0.451 e. The van der Waals surface area contributed by atoms with Crippen LogP contribution in [0.4, 0.5) is 0 Å². The minimum atomic E-state index is -0.276. The van der Waals surface area contributed by atoms with Crippen LogP contribution in [0.3, 0.4) is 0 Å². The van der Waals surface area contributed by atoms with Gasteiger partial charge in [0.2, 0.25) is 5.91 Å². The van der Waals surface area contributed by atoms with Crippen molar-refractivity contribution < 1.29 is 14.0 Å². The van der Waals surface area contributed by atoms with Gasteiger partial charge in [-0.05, 0) is 25.1 Å². The average Bonchev–Trinajstić information content (AvgIpc) is 2.97. The minimum absolute atomic E-state index is 0.0331. The fourth-order valence-electron chi connectivity index (χ4n) is 2.75. The highest BCUT2D eigenvalue weighted by Crippen LogP contribution is 2.21. The van der Waals surface area contributed by atoms with E-state index in [1.54, 1.807) is 18.0 Å². The molecule has 1 aromatic heterocycles. The Morgan fingerprint density at radius 2 is 2.00 bits per heavy atom. The summed E-state index contributed by atoms with van der Waals surface area (Å²) in [5, 5.41) is 4.10. The predicted molar refractivity (Wildman–Crippen MR) is 87.4 cm³/mol. The molecular weight excluding hydrogens is 294 g/mol. The van der Waals surface area contributed by atoms with Crippen LogP contribution in [0.2, 0.25) is 0 Å². The zero-order valence-electron chi connectivity index (χ0n) is 13.5. The Hall–Kier alpha value is -2.34. The number of carbonyl (C=O) groups is 2. The Morgan fingerprint density at radius 3 is 2.74 bits per heavy atom. The molecule has 23 heavy (non-hydrogen) atoms. The molecule has 3 rings (SSSR count). The standard InChI is InChI=1S/C17H21N3O3/c1-12-3-4-14-13(9-12)10-15(23-14)17(22)19(2)11-16(21)20-7-5-18-6-8-20/h3-4,9-10,18H,5-8,11H2,1-2H3. The summed E-state index contributed by atoms with van der Waals surface area (Å²) in [5.41, 5.74) is 1.79. The molecule has 1 aliphatic heterocycles. The lowest BCUT2D eigenvalue weighted by molar-refractivity contribution is -0.132. The molecule has 1 N–H and O–H groups in total. The normalized spacial score (nSPS) is 15.0. The first kappa shape index (κ1) is 15.6. The van der Waals surface area contributed by atoms with Crippen LogP contribution in [0.5, 0.6) is 0 Å². The van der Waals surface area contributed by atoms with Gasteiger partial charge in [-0.2, -0.15) is 0 Å². The monoisotopic (exact) mass is 315 g/mol. The van der Waals surface area contributed by atoms with E-state index in [4.69, 9.17) is 4.42 Å². The fourth-order valence-corrected chi connectivity index (χ4v) is 2.75. The maximum atomic E-state index is 12.5. The number of likely N-dealkylation sites (N-methyl/N-ethyl adjacent to an activating group) is 1. The van der Waals surface area contributed by atoms with E-state index < -0.39 is 0 Å². The molecule has 2 aromatic rings. The molecule has 0 saturated carbocycles. The van der Waals surface area contributed by atoms with Gasteiger partial charge in [0.15, 0.2) is 5.76 Å². The van der Waals surface area contributed by atoms with Gasteiger partial charge in [0, 0.05) is 38.6 Å². The molecule has 0 radical (unpaired) electrons. The van der Waals surface area contributed by atoms with E-state index in [-0.39, 0.29) is 24.1 Å². The van der Waals surface area contributed by atoms with Crippen LogP contribution in [0, 0.1) is 6.92 Å². The first-order valence-electron chi connectivity index (χ1n) is 7.79. The SMILES string of the molecule is Cc1ccc2oc(C(=O)N(C)CC(=O)N3CCNCC3)cc2c1. The van der Waals surface area contributed by atoms with Crippen LogP contribution in [0.15, 0.2) is 28.7 Å². The molecule has 1 aliphatic rings. The lowest BCUT2D eigenvalue weighted by Crippen LogP contribution is -2.49. The number of benzene rings is 1. The van der Waals surface area contributed by atoms with Gasteiger partial charge in [0.25, 0.3) is 5.91 Å². The second-order valence-electron chi connectivity index (χ2n) is 5.94. The van der Waals surface area contributed by atoms with Gasteiger partial charge in [-0.25, -0.2) is 0 Å². The molecule has 6 nitrogen and oxygen atoms in total. The number of hydrogen-bond donors (Lipinski definition) is 1. The number of hydrogen-bond acceptors (Lipinski definition) is 4. The Labute approximate surface area is 135 Å². The van der Waals surface area contributed by atoms with E-state index in [1.807, 2.05) is 25.1 Å². The zero-order valence-corrected chi connectivity index (χ0v) is 13.5. The molecular formula is C17H21N3O3. The number of furan rings is 1. The number of amides is 2. The Kier molecular flexibility index (Phi) is 4.34. The number of carbonyl (C=O) groups excluding carboxylic acids is 2. The van der Waals surface area contributed by atoms with Crippen LogP contribution in [-0.2, 0) is 4.79 Å². The van der Waals surface area contributed by atoms with Gasteiger partial charge in [0.1, 0.15) is 5.58 Å². The first-order chi connectivity index (χ1) is 11.0. The highest BCUT2D eigenvalue weighted by atomic mass is 16.3. The summed E-state index contributed by atoms with van der Waals surface area (Å²) >= 11 is 0. The summed E-state index contributed by atoms with van der Waals surface area (Å²) in [5.74, 6) is -0.0437. The van der Waals surface area contributed by atoms with Crippen molar-refractivity contribution in [2.24, 2.45) is 0 Å². The maximum absolute atomic E-state index is 12.5. The fraction of sp³-hybridized carbons (Fsp3) is 0.412. The predicted octanol–water partition coefficient (Wildman–Crippen LogP) is 1.25. The number of nitrogens with one attached hydrogen (secondary N) is 1. The van der Waals surface area contributed by atoms with E-state index >= 15 is 0 Å². The van der Waals surface area contributed by atoms with E-state index in [0.717, 1.165) is 24.0 Å². The van der Waals surface area contributed by atoms with E-state index in [9.17, 15) is 9.59 Å². The van der Waals surface area contributed by atoms with E-state index in [1.165, 1.54) is 4.90 Å². The molecule has 1 fully saturated rings. The van der Waals surface area contributed by atoms with Crippen molar-refractivity contribution >= 4 is 22.8 Å². The van der Waals surface area contributed by atoms with E-state index in [0.29, 0.717) is 18.7 Å². The number of aryl methyl sites for hydroxylation is 1. The number of fused-ring (bicyclic) bond motifs is 1. The van der Waals surface area contributed by atoms with Crippen molar-refractivity contribution in [2.45, 2.75) is 6.92 Å². The molecule has 0 aliphatic carbocycles. The van der Waals surface area contributed by atoms with Crippen molar-refractivity contribution in [3.05, 3.63) is 35.6 Å². The molecule has 1 aromatic carbocycles. The molecule has 0 spiro atoms. The molecule has 2 heterocycles. The Bertz CT molecular complexity index is 732. The number of nitrogens with zero attached hydrogens (tertiary/aromatic N) is 2. The second kappa shape index (κ2) is 6.42. The summed E-state index contributed by atoms with van der Waals surface area (Å²) in [4.78, 5) is 27.9. The highest BCUT2D eigenvalue weighted by Gasteiger charge is 2.22. The van der Waals surface area contributed by atoms with Crippen LogP contribution in [0.25, 0.3) is 11.0 Å². The molecule has 0 unspecified atom stereocenters. The number of piperazine rings is 1. The molecule has 1 saturated heterocycles. The molecule has 0 bridgehead atoms. The first-order valence-corrected chi connectivity index (χ1v) is 7.79. The van der Waals surface area contributed by atoms with Crippen molar-refractivity contribution in [1.82, 2.24) is 15.1 Å². The quantitative estimate of drug-likeness (QED) is 0.925. The van der Waals surface area contributed by atoms with Gasteiger partial charge in [-0.1, -0.05) is 11.6 Å². The molecule has 2 amide bonds. The summed E-state index contributed by atoms with van der Waals surface area (Å²) in [6.45, 7) is 5.02. The summed E-state index contributed by atoms with van der Waals surface area (Å²) in [6, 6.07) is 7.50. The average molecular weight is 315 g/mol. The smallest absolute Gasteiger partial charge is 0.289 e. The highest BCUT2D eigenvalue weighted by molar-refractivity contribution is 5.97. The molecule has 122 valence electrons. The summed E-state index contributed by atoms with van der Waals surface area (Å²) in [6.07, 6.45) is 0. The third-order valence-corrected chi connectivity index (χ3v) is 4.07. The summed E-state index contributed by atoms with van der Waals surface area (Å²) < 4.78 is 5.61. The van der Waals surface area contributed by atoms with Crippen molar-refractivity contribution in [2.75, 3.05) is 39.8 Å². The third kappa shape index (κ3) is 3.37. The topological polar surface area (TPSA) is 65.8 Å². The van der Waals surface area contributed by atoms with Crippen molar-refractivity contribution in [3.63, 3.8) is 0 Å². The Balaban J connectivity index is 1.69. The molecule has 6 heteroatoms. The van der Waals surface area contributed by atoms with Gasteiger partial charge >= 0.3 is 0 Å². The zero-order chi connectivity index (χ0) is 16.4. The Morgan fingerprint density at radius 1 is 1.26 bits per heavy atom. The largest absolute Gasteiger partial charge is 0.451 e. The van der Waals surface area contributed by atoms with Gasteiger partial charge in [-0.3, -0.25) is 9.59 Å². The second-order valence-corrected chi connectivity index (χ2v) is 5.94. The lowest BCUT2D eigenvalue weighted by Gasteiger charge is -2.29. The summed E-state index contributed by atoms with van der Waals surface area (Å²) in [7, 11) is 1.63. The van der Waals surface area contributed by atoms with Crippen LogP contribution >= 0.6 is 0 Å². The van der Waals surface area contributed by atoms with Crippen LogP contribution < -0.4 is 5.32 Å². The van der Waals surface area contributed by atoms with Crippen molar-refractivity contribution in [3.8, 4) is 0 Å². The molecule has 0 atom stereocenters. The van der Waals surface area contributed by atoms with Crippen LogP contribution in [-0.4, -0.2) is 61.4 Å². The van der Waals surface area contributed by atoms with E-state index in [2.05, 4.69) is 5.32 Å². The number of rotatable bonds is 3. The van der Waals surface area contributed by atoms with Gasteiger partial charge in [-0.15, -0.1) is 0 Å². The van der Waals surface area contributed by atoms with Crippen molar-refractivity contribution in [1.29, 1.82) is 0 Å². The lowest BCUT2D eigenvalue weighted by atomic mass is 10.2. The third-order valence-electron chi connectivity index (χ3n) is 4.07. The van der Waals surface area contributed by atoms with Gasteiger partial charge < -0.3 is 19.5 Å². The van der Waals surface area contributed by atoms with Gasteiger partial charge in [0.05, 0.1) is 6.54 Å². The van der Waals surface area contributed by atoms with Crippen LogP contribution in [0.1, 0.15) is 16.1 Å².